The molecule has 0 saturated carbocycles. The van der Waals surface area contributed by atoms with Gasteiger partial charge < -0.3 is 5.32 Å². The molecule has 4 aromatic rings. The number of aryl methyl sites for hydroxylation is 1. The lowest BCUT2D eigenvalue weighted by atomic mass is 10.0. The number of rotatable bonds is 4. The summed E-state index contributed by atoms with van der Waals surface area (Å²) >= 11 is 12.1. The predicted molar refractivity (Wildman–Crippen MR) is 121 cm³/mol. The number of nitrogens with zero attached hydrogens (tertiary/aromatic N) is 2. The van der Waals surface area contributed by atoms with Crippen LogP contribution < -0.4 is 10.5 Å². The van der Waals surface area contributed by atoms with E-state index in [2.05, 4.69) is 15.5 Å². The van der Waals surface area contributed by atoms with Gasteiger partial charge in [-0.3, -0.25) is 0 Å². The number of benzene rings is 3. The van der Waals surface area contributed by atoms with E-state index in [0.717, 1.165) is 10.8 Å². The predicted octanol–water partition coefficient (Wildman–Crippen LogP) is 5.30. The van der Waals surface area contributed by atoms with Gasteiger partial charge in [0.05, 0.1) is 14.9 Å². The molecule has 1 heterocycles. The summed E-state index contributed by atoms with van der Waals surface area (Å²) in [5.41, 5.74) is 2.43. The van der Waals surface area contributed by atoms with E-state index < -0.39 is 10.0 Å². The van der Waals surface area contributed by atoms with Gasteiger partial charge in [-0.1, -0.05) is 59.6 Å². The molecule has 3 aromatic carbocycles. The van der Waals surface area contributed by atoms with Crippen molar-refractivity contribution in [2.75, 3.05) is 5.32 Å². The number of halogens is 2. The van der Waals surface area contributed by atoms with Gasteiger partial charge in [0.1, 0.15) is 5.69 Å². The molecule has 0 aliphatic carbocycles. The van der Waals surface area contributed by atoms with E-state index in [1.807, 2.05) is 24.3 Å². The number of nitrogens with one attached hydrogen (secondary N) is 1. The number of fused-ring (bicyclic) bond motifs is 1. The number of sulfonamides is 1. The zero-order valence-corrected chi connectivity index (χ0v) is 18.1. The minimum absolute atomic E-state index is 0.0592. The van der Waals surface area contributed by atoms with Gasteiger partial charge in [-0.15, -0.1) is 10.2 Å². The Balaban J connectivity index is 1.85. The van der Waals surface area contributed by atoms with Gasteiger partial charge in [-0.2, -0.15) is 0 Å². The number of anilines is 2. The van der Waals surface area contributed by atoms with Crippen LogP contribution in [0.3, 0.4) is 0 Å². The number of hydrogen-bond donors (Lipinski definition) is 2. The zero-order chi connectivity index (χ0) is 21.5. The standard InChI is InChI=1S/C21H16Cl2N4O2S/c1-12-6-7-13(10-19(12)30(24,28)29)20-15-4-2-3-5-16(15)21(27-26-20)25-14-8-9-17(22)18(23)11-14/h2-11H,1H3,(H,25,27)(H2,24,28,29). The first-order valence-corrected chi connectivity index (χ1v) is 11.2. The average Bonchev–Trinajstić information content (AvgIpc) is 2.71. The first-order valence-electron chi connectivity index (χ1n) is 8.85. The van der Waals surface area contributed by atoms with Crippen molar-refractivity contribution in [3.8, 4) is 11.3 Å². The normalized spacial score (nSPS) is 11.6. The fourth-order valence-electron chi connectivity index (χ4n) is 3.17. The maximum atomic E-state index is 11.9. The first kappa shape index (κ1) is 20.6. The molecule has 6 nitrogen and oxygen atoms in total. The van der Waals surface area contributed by atoms with Crippen LogP contribution >= 0.6 is 23.2 Å². The summed E-state index contributed by atoms with van der Waals surface area (Å²) in [4.78, 5) is 0.0592. The first-order chi connectivity index (χ1) is 14.2. The Labute approximate surface area is 183 Å². The van der Waals surface area contributed by atoms with Crippen LogP contribution in [0.15, 0.2) is 65.6 Å². The van der Waals surface area contributed by atoms with Crippen LogP contribution in [-0.2, 0) is 10.0 Å². The molecule has 1 aromatic heterocycles. The summed E-state index contributed by atoms with van der Waals surface area (Å²) in [5, 5.41) is 19.7. The summed E-state index contributed by atoms with van der Waals surface area (Å²) in [7, 11) is -3.86. The molecule has 0 atom stereocenters. The second-order valence-corrected chi connectivity index (χ2v) is 9.07. The molecule has 0 amide bonds. The largest absolute Gasteiger partial charge is 0.338 e. The van der Waals surface area contributed by atoms with E-state index in [4.69, 9.17) is 28.3 Å². The van der Waals surface area contributed by atoms with Crippen molar-refractivity contribution in [3.05, 3.63) is 76.3 Å². The van der Waals surface area contributed by atoms with Crippen LogP contribution in [0.1, 0.15) is 5.56 Å². The van der Waals surface area contributed by atoms with Gasteiger partial charge in [0.25, 0.3) is 0 Å². The fourth-order valence-corrected chi connectivity index (χ4v) is 4.28. The minimum Gasteiger partial charge on any atom is -0.338 e. The van der Waals surface area contributed by atoms with E-state index in [0.29, 0.717) is 38.4 Å². The highest BCUT2D eigenvalue weighted by Gasteiger charge is 2.16. The molecular formula is C21H16Cl2N4O2S. The van der Waals surface area contributed by atoms with Gasteiger partial charge in [0, 0.05) is 22.0 Å². The van der Waals surface area contributed by atoms with Crippen LogP contribution in [0, 0.1) is 6.92 Å². The lowest BCUT2D eigenvalue weighted by Crippen LogP contribution is -2.13. The van der Waals surface area contributed by atoms with Crippen LogP contribution in [0.2, 0.25) is 10.0 Å². The maximum Gasteiger partial charge on any atom is 0.238 e. The van der Waals surface area contributed by atoms with Gasteiger partial charge in [-0.05, 0) is 36.8 Å². The fraction of sp³-hybridized carbons (Fsp3) is 0.0476. The molecule has 0 fully saturated rings. The molecule has 0 radical (unpaired) electrons. The molecule has 0 aliphatic heterocycles. The van der Waals surface area contributed by atoms with Crippen molar-refractivity contribution >= 4 is 55.5 Å². The molecule has 0 spiro atoms. The Morgan fingerprint density at radius 1 is 0.900 bits per heavy atom. The van der Waals surface area contributed by atoms with E-state index >= 15 is 0 Å². The molecule has 0 bridgehead atoms. The van der Waals surface area contributed by atoms with Crippen molar-refractivity contribution < 1.29 is 8.42 Å². The Morgan fingerprint density at radius 3 is 2.33 bits per heavy atom. The lowest BCUT2D eigenvalue weighted by Gasteiger charge is -2.13. The smallest absolute Gasteiger partial charge is 0.238 e. The summed E-state index contributed by atoms with van der Waals surface area (Å²) in [6.07, 6.45) is 0. The lowest BCUT2D eigenvalue weighted by molar-refractivity contribution is 0.597. The third kappa shape index (κ3) is 3.97. The second kappa shape index (κ2) is 7.85. The van der Waals surface area contributed by atoms with E-state index in [1.165, 1.54) is 6.07 Å². The Hall–Kier alpha value is -2.71. The van der Waals surface area contributed by atoms with Crippen LogP contribution in [0.25, 0.3) is 22.0 Å². The van der Waals surface area contributed by atoms with Crippen molar-refractivity contribution in [3.63, 3.8) is 0 Å². The third-order valence-electron chi connectivity index (χ3n) is 4.64. The Bertz CT molecular complexity index is 1390. The zero-order valence-electron chi connectivity index (χ0n) is 15.7. The van der Waals surface area contributed by atoms with Crippen molar-refractivity contribution in [1.82, 2.24) is 10.2 Å². The summed E-state index contributed by atoms with van der Waals surface area (Å²) in [5.74, 6) is 0.534. The van der Waals surface area contributed by atoms with Crippen molar-refractivity contribution in [2.24, 2.45) is 5.14 Å². The molecule has 3 N–H and O–H groups in total. The van der Waals surface area contributed by atoms with Crippen LogP contribution in [0.5, 0.6) is 0 Å². The number of hydrogen-bond acceptors (Lipinski definition) is 5. The monoisotopic (exact) mass is 458 g/mol. The highest BCUT2D eigenvalue weighted by molar-refractivity contribution is 7.89. The molecular weight excluding hydrogens is 443 g/mol. The summed E-state index contributed by atoms with van der Waals surface area (Å²) < 4.78 is 23.8. The highest BCUT2D eigenvalue weighted by Crippen LogP contribution is 2.33. The van der Waals surface area contributed by atoms with Gasteiger partial charge >= 0.3 is 0 Å². The van der Waals surface area contributed by atoms with Gasteiger partial charge in [0.2, 0.25) is 10.0 Å². The molecule has 30 heavy (non-hydrogen) atoms. The van der Waals surface area contributed by atoms with Crippen molar-refractivity contribution in [1.29, 1.82) is 0 Å². The van der Waals surface area contributed by atoms with Crippen LogP contribution in [0.4, 0.5) is 11.5 Å². The second-order valence-electron chi connectivity index (χ2n) is 6.72. The molecule has 9 heteroatoms. The van der Waals surface area contributed by atoms with E-state index in [-0.39, 0.29) is 4.90 Å². The van der Waals surface area contributed by atoms with Crippen molar-refractivity contribution in [2.45, 2.75) is 11.8 Å². The average molecular weight is 459 g/mol. The SMILES string of the molecule is Cc1ccc(-c2nnc(Nc3ccc(Cl)c(Cl)c3)c3ccccc23)cc1S(N)(=O)=O. The quantitative estimate of drug-likeness (QED) is 0.432. The minimum atomic E-state index is -3.86. The van der Waals surface area contributed by atoms with E-state index in [1.54, 1.807) is 37.3 Å². The number of nitrogens with two attached hydrogens (primary N) is 1. The molecule has 0 aliphatic rings. The Kier molecular flexibility index (Phi) is 5.38. The number of primary sulfonamides is 1. The Morgan fingerprint density at radius 2 is 1.63 bits per heavy atom. The van der Waals surface area contributed by atoms with E-state index in [9.17, 15) is 8.42 Å². The number of aromatic nitrogens is 2. The van der Waals surface area contributed by atoms with Gasteiger partial charge in [0.15, 0.2) is 5.82 Å². The molecule has 0 saturated heterocycles. The van der Waals surface area contributed by atoms with Gasteiger partial charge in [-0.25, -0.2) is 13.6 Å². The molecule has 4 rings (SSSR count). The molecule has 0 unspecified atom stereocenters. The topological polar surface area (TPSA) is 98.0 Å². The highest BCUT2D eigenvalue weighted by atomic mass is 35.5. The third-order valence-corrected chi connectivity index (χ3v) is 6.43. The van der Waals surface area contributed by atoms with Crippen LogP contribution in [-0.4, -0.2) is 18.6 Å². The summed E-state index contributed by atoms with van der Waals surface area (Å²) in [6.45, 7) is 1.69. The maximum absolute atomic E-state index is 11.9. The summed E-state index contributed by atoms with van der Waals surface area (Å²) in [6, 6.07) is 17.8. The molecule has 152 valence electrons.